The molecule has 0 aliphatic carbocycles. The number of carbonyl (C=O) groups is 2. The van der Waals surface area contributed by atoms with Crippen molar-refractivity contribution in [3.63, 3.8) is 0 Å². The number of rotatable bonds is 4. The van der Waals surface area contributed by atoms with Crippen LogP contribution in [0.2, 0.25) is 0 Å². The fourth-order valence-corrected chi connectivity index (χ4v) is 3.19. The average molecular weight is 278 g/mol. The van der Waals surface area contributed by atoms with Gasteiger partial charge in [0.2, 0.25) is 5.91 Å². The van der Waals surface area contributed by atoms with E-state index in [9.17, 15) is 9.59 Å². The number of nitrogens with zero attached hydrogens (tertiary/aromatic N) is 3. The summed E-state index contributed by atoms with van der Waals surface area (Å²) in [4.78, 5) is 34.8. The van der Waals surface area contributed by atoms with Crippen LogP contribution in [0.15, 0.2) is 12.5 Å². The van der Waals surface area contributed by atoms with E-state index < -0.39 is 0 Å². The monoisotopic (exact) mass is 278 g/mol. The van der Waals surface area contributed by atoms with E-state index in [2.05, 4.69) is 9.97 Å². The van der Waals surface area contributed by atoms with E-state index in [4.69, 9.17) is 4.74 Å². The third kappa shape index (κ3) is 2.07. The van der Waals surface area contributed by atoms with Crippen LogP contribution in [0.3, 0.4) is 0 Å². The minimum absolute atomic E-state index is 0.0184. The highest BCUT2D eigenvalue weighted by Gasteiger charge is 2.48. The number of fused-ring (bicyclic) bond motifs is 1. The minimum Gasteiger partial charge on any atom is -0.383 e. The number of nitrogens with one attached hydrogen (secondary N) is 1. The van der Waals surface area contributed by atoms with Crippen molar-refractivity contribution < 1.29 is 14.3 Å². The quantitative estimate of drug-likeness (QED) is 0.832. The maximum atomic E-state index is 12.4. The highest BCUT2D eigenvalue weighted by molar-refractivity contribution is 5.93. The van der Waals surface area contributed by atoms with Gasteiger partial charge in [-0.3, -0.25) is 9.59 Å². The molecule has 0 spiro atoms. The van der Waals surface area contributed by atoms with Gasteiger partial charge in [0.1, 0.15) is 5.69 Å². The van der Waals surface area contributed by atoms with Crippen LogP contribution in [-0.4, -0.2) is 70.5 Å². The molecule has 2 aliphatic heterocycles. The minimum atomic E-state index is -0.0728. The Hall–Kier alpha value is -1.89. The Morgan fingerprint density at radius 1 is 1.55 bits per heavy atom. The molecule has 2 amide bonds. The zero-order chi connectivity index (χ0) is 14.1. The third-order valence-corrected chi connectivity index (χ3v) is 4.14. The molecule has 1 aromatic rings. The Bertz CT molecular complexity index is 502. The van der Waals surface area contributed by atoms with Crippen molar-refractivity contribution in [1.82, 2.24) is 19.8 Å². The van der Waals surface area contributed by atoms with Crippen LogP contribution in [0.4, 0.5) is 0 Å². The summed E-state index contributed by atoms with van der Waals surface area (Å²) >= 11 is 0. The van der Waals surface area contributed by atoms with Gasteiger partial charge in [-0.2, -0.15) is 0 Å². The molecular weight excluding hydrogens is 260 g/mol. The fourth-order valence-electron chi connectivity index (χ4n) is 3.19. The SMILES string of the molecule is COCCN1C(=O)C[C@@H]2[C@@H]1CCN2C(=O)c1cnc[nH]1. The number of imidazole rings is 1. The zero-order valence-electron chi connectivity index (χ0n) is 11.4. The van der Waals surface area contributed by atoms with Gasteiger partial charge in [0.05, 0.1) is 31.2 Å². The summed E-state index contributed by atoms with van der Waals surface area (Å²) in [6.45, 7) is 1.82. The van der Waals surface area contributed by atoms with E-state index in [1.165, 1.54) is 12.5 Å². The molecule has 3 heterocycles. The maximum Gasteiger partial charge on any atom is 0.272 e. The van der Waals surface area contributed by atoms with Crippen LogP contribution in [0, 0.1) is 0 Å². The lowest BCUT2D eigenvalue weighted by atomic mass is 10.1. The largest absolute Gasteiger partial charge is 0.383 e. The van der Waals surface area contributed by atoms with Gasteiger partial charge < -0.3 is 19.5 Å². The Balaban J connectivity index is 1.73. The number of hydrogen-bond acceptors (Lipinski definition) is 4. The number of ether oxygens (including phenoxy) is 1. The molecule has 0 bridgehead atoms. The van der Waals surface area contributed by atoms with Gasteiger partial charge in [0.25, 0.3) is 5.91 Å². The molecule has 2 fully saturated rings. The first-order chi connectivity index (χ1) is 9.72. The molecule has 0 aromatic carbocycles. The van der Waals surface area contributed by atoms with Crippen molar-refractivity contribution in [2.24, 2.45) is 0 Å². The number of aromatic nitrogens is 2. The molecule has 1 N–H and O–H groups in total. The zero-order valence-corrected chi connectivity index (χ0v) is 11.4. The second kappa shape index (κ2) is 5.24. The molecule has 2 saturated heterocycles. The summed E-state index contributed by atoms with van der Waals surface area (Å²) in [6.07, 6.45) is 4.26. The predicted octanol–water partition coefficient (Wildman–Crippen LogP) is -0.128. The Morgan fingerprint density at radius 3 is 3.10 bits per heavy atom. The van der Waals surface area contributed by atoms with Crippen molar-refractivity contribution in [3.8, 4) is 0 Å². The van der Waals surface area contributed by atoms with E-state index in [1.54, 1.807) is 12.0 Å². The van der Waals surface area contributed by atoms with Crippen molar-refractivity contribution in [2.75, 3.05) is 26.8 Å². The second-order valence-electron chi connectivity index (χ2n) is 5.17. The second-order valence-corrected chi connectivity index (χ2v) is 5.17. The number of hydrogen-bond donors (Lipinski definition) is 1. The Morgan fingerprint density at radius 2 is 2.40 bits per heavy atom. The van der Waals surface area contributed by atoms with Crippen molar-refractivity contribution in [3.05, 3.63) is 18.2 Å². The Kier molecular flexibility index (Phi) is 3.43. The van der Waals surface area contributed by atoms with Gasteiger partial charge in [0, 0.05) is 26.6 Å². The average Bonchev–Trinajstić information content (AvgIpc) is 3.12. The van der Waals surface area contributed by atoms with E-state index in [0.717, 1.165) is 6.42 Å². The number of aromatic amines is 1. The maximum absolute atomic E-state index is 12.4. The first-order valence-corrected chi connectivity index (χ1v) is 6.80. The smallest absolute Gasteiger partial charge is 0.272 e. The molecule has 2 aliphatic rings. The highest BCUT2D eigenvalue weighted by atomic mass is 16.5. The molecule has 2 atom stereocenters. The first kappa shape index (κ1) is 13.1. The van der Waals surface area contributed by atoms with Gasteiger partial charge >= 0.3 is 0 Å². The van der Waals surface area contributed by atoms with E-state index in [-0.39, 0.29) is 23.9 Å². The highest BCUT2D eigenvalue weighted by Crippen LogP contribution is 2.32. The lowest BCUT2D eigenvalue weighted by Gasteiger charge is -2.24. The van der Waals surface area contributed by atoms with Crippen LogP contribution in [-0.2, 0) is 9.53 Å². The molecular formula is C13H18N4O3. The van der Waals surface area contributed by atoms with Crippen LogP contribution < -0.4 is 0 Å². The molecule has 108 valence electrons. The summed E-state index contributed by atoms with van der Waals surface area (Å²) in [5.41, 5.74) is 0.480. The summed E-state index contributed by atoms with van der Waals surface area (Å²) in [5, 5.41) is 0. The van der Waals surface area contributed by atoms with Crippen LogP contribution >= 0.6 is 0 Å². The molecule has 3 rings (SSSR count). The fraction of sp³-hybridized carbons (Fsp3) is 0.615. The third-order valence-electron chi connectivity index (χ3n) is 4.14. The topological polar surface area (TPSA) is 78.5 Å². The van der Waals surface area contributed by atoms with Crippen molar-refractivity contribution in [2.45, 2.75) is 24.9 Å². The summed E-state index contributed by atoms with van der Waals surface area (Å²) < 4.78 is 5.05. The van der Waals surface area contributed by atoms with Gasteiger partial charge in [-0.1, -0.05) is 0 Å². The molecule has 0 unspecified atom stereocenters. The summed E-state index contributed by atoms with van der Waals surface area (Å²) in [5.74, 6) is 0.0375. The molecule has 0 radical (unpaired) electrons. The molecule has 0 saturated carbocycles. The Labute approximate surface area is 116 Å². The molecule has 1 aromatic heterocycles. The van der Waals surface area contributed by atoms with Gasteiger partial charge in [-0.25, -0.2) is 4.98 Å². The van der Waals surface area contributed by atoms with E-state index in [0.29, 0.717) is 31.8 Å². The number of H-pyrrole nitrogens is 1. The normalized spacial score (nSPS) is 25.4. The number of methoxy groups -OCH3 is 1. The van der Waals surface area contributed by atoms with Gasteiger partial charge in [-0.05, 0) is 6.42 Å². The van der Waals surface area contributed by atoms with E-state index in [1.807, 2.05) is 4.90 Å². The summed E-state index contributed by atoms with van der Waals surface area (Å²) in [7, 11) is 1.63. The standard InChI is InChI=1S/C13H18N4O3/c1-20-5-4-16-10-2-3-17(11(10)6-12(16)18)13(19)9-7-14-8-15-9/h7-8,10-11H,2-6H2,1H3,(H,14,15)/t10-,11+/m0/s1. The number of likely N-dealkylation sites (tertiary alicyclic amines) is 2. The molecule has 7 heteroatoms. The first-order valence-electron chi connectivity index (χ1n) is 6.80. The van der Waals surface area contributed by atoms with Crippen molar-refractivity contribution in [1.29, 1.82) is 0 Å². The predicted molar refractivity (Wildman–Crippen MR) is 70.0 cm³/mol. The summed E-state index contributed by atoms with van der Waals surface area (Å²) in [6, 6.07) is 0.111. The lowest BCUT2D eigenvalue weighted by molar-refractivity contribution is -0.129. The van der Waals surface area contributed by atoms with Crippen LogP contribution in [0.5, 0.6) is 0 Å². The van der Waals surface area contributed by atoms with Crippen molar-refractivity contribution >= 4 is 11.8 Å². The molecule has 20 heavy (non-hydrogen) atoms. The lowest BCUT2D eigenvalue weighted by Crippen LogP contribution is -2.40. The molecule has 7 nitrogen and oxygen atoms in total. The van der Waals surface area contributed by atoms with Crippen LogP contribution in [0.1, 0.15) is 23.3 Å². The van der Waals surface area contributed by atoms with Gasteiger partial charge in [-0.15, -0.1) is 0 Å². The van der Waals surface area contributed by atoms with Gasteiger partial charge in [0.15, 0.2) is 0 Å². The number of amides is 2. The van der Waals surface area contributed by atoms with E-state index >= 15 is 0 Å². The number of carbonyl (C=O) groups excluding carboxylic acids is 2. The van der Waals surface area contributed by atoms with Crippen LogP contribution in [0.25, 0.3) is 0 Å².